The number of anilines is 1. The Morgan fingerprint density at radius 3 is 2.89 bits per heavy atom. The first-order valence-electron chi connectivity index (χ1n) is 5.86. The van der Waals surface area contributed by atoms with Crippen molar-refractivity contribution in [2.24, 2.45) is 0 Å². The first-order chi connectivity index (χ1) is 8.72. The number of thiazole rings is 1. The van der Waals surface area contributed by atoms with Crippen LogP contribution in [-0.4, -0.2) is 4.98 Å². The predicted octanol–water partition coefficient (Wildman–Crippen LogP) is 4.59. The molecule has 2 heterocycles. The molecule has 0 aliphatic carbocycles. The van der Waals surface area contributed by atoms with Crippen LogP contribution in [0.15, 0.2) is 29.6 Å². The Kier molecular flexibility index (Phi) is 3.06. The summed E-state index contributed by atoms with van der Waals surface area (Å²) in [6.07, 6.45) is 0. The van der Waals surface area contributed by atoms with Crippen LogP contribution in [0.3, 0.4) is 0 Å². The molecule has 1 N–H and O–H groups in total. The smallest absolute Gasteiger partial charge is 0.184 e. The number of hydrogen-bond acceptors (Lipinski definition) is 4. The normalized spacial score (nSPS) is 11.0. The molecule has 0 aliphatic rings. The van der Waals surface area contributed by atoms with Gasteiger partial charge in [-0.25, -0.2) is 4.98 Å². The minimum absolute atomic E-state index is 0.863. The van der Waals surface area contributed by atoms with Crippen molar-refractivity contribution in [3.8, 4) is 0 Å². The number of benzene rings is 1. The molecule has 0 bridgehead atoms. The van der Waals surface area contributed by atoms with Gasteiger partial charge in [0.05, 0.1) is 16.8 Å². The van der Waals surface area contributed by atoms with Crippen molar-refractivity contribution in [2.45, 2.75) is 20.4 Å². The van der Waals surface area contributed by atoms with E-state index in [2.05, 4.69) is 53.8 Å². The van der Waals surface area contributed by atoms with E-state index < -0.39 is 0 Å². The Balaban J connectivity index is 1.81. The van der Waals surface area contributed by atoms with Crippen LogP contribution in [0.25, 0.3) is 10.2 Å². The summed E-state index contributed by atoms with van der Waals surface area (Å²) in [5.74, 6) is 0. The van der Waals surface area contributed by atoms with E-state index in [0.717, 1.165) is 17.2 Å². The van der Waals surface area contributed by atoms with Crippen molar-refractivity contribution < 1.29 is 0 Å². The SMILES string of the molecule is Cc1ccc2sc(NCc3sccc3C)nc2c1. The third-order valence-corrected chi connectivity index (χ3v) is 4.93. The summed E-state index contributed by atoms with van der Waals surface area (Å²) < 4.78 is 1.24. The molecule has 0 saturated carbocycles. The van der Waals surface area contributed by atoms with Crippen molar-refractivity contribution in [1.29, 1.82) is 0 Å². The third-order valence-electron chi connectivity index (χ3n) is 2.91. The highest BCUT2D eigenvalue weighted by Gasteiger charge is 2.05. The molecule has 2 nitrogen and oxygen atoms in total. The Labute approximate surface area is 114 Å². The molecule has 0 spiro atoms. The molecule has 0 aliphatic heterocycles. The van der Waals surface area contributed by atoms with Crippen LogP contribution in [0.5, 0.6) is 0 Å². The molecule has 0 fully saturated rings. The molecule has 2 aromatic heterocycles. The predicted molar refractivity (Wildman–Crippen MR) is 80.7 cm³/mol. The van der Waals surface area contributed by atoms with Crippen LogP contribution >= 0.6 is 22.7 Å². The van der Waals surface area contributed by atoms with Crippen molar-refractivity contribution in [2.75, 3.05) is 5.32 Å². The number of aryl methyl sites for hydroxylation is 2. The lowest BCUT2D eigenvalue weighted by Gasteiger charge is -2.00. The highest BCUT2D eigenvalue weighted by molar-refractivity contribution is 7.22. The highest BCUT2D eigenvalue weighted by Crippen LogP contribution is 2.27. The fraction of sp³-hybridized carbons (Fsp3) is 0.214. The first kappa shape index (κ1) is 11.7. The summed E-state index contributed by atoms with van der Waals surface area (Å²) in [6, 6.07) is 8.56. The molecular formula is C14H14N2S2. The van der Waals surface area contributed by atoms with Crippen LogP contribution in [0, 0.1) is 13.8 Å². The van der Waals surface area contributed by atoms with Gasteiger partial charge in [-0.3, -0.25) is 0 Å². The van der Waals surface area contributed by atoms with Gasteiger partial charge in [0, 0.05) is 4.88 Å². The van der Waals surface area contributed by atoms with Gasteiger partial charge in [-0.15, -0.1) is 11.3 Å². The second-order valence-electron chi connectivity index (χ2n) is 4.37. The lowest BCUT2D eigenvalue weighted by molar-refractivity contribution is 1.16. The quantitative estimate of drug-likeness (QED) is 0.755. The van der Waals surface area contributed by atoms with Crippen LogP contribution in [0.2, 0.25) is 0 Å². The monoisotopic (exact) mass is 274 g/mol. The summed E-state index contributed by atoms with van der Waals surface area (Å²) in [7, 11) is 0. The van der Waals surface area contributed by atoms with Gasteiger partial charge in [-0.2, -0.15) is 0 Å². The number of nitrogens with zero attached hydrogens (tertiary/aromatic N) is 1. The molecule has 3 rings (SSSR count). The zero-order valence-corrected chi connectivity index (χ0v) is 12.0. The average Bonchev–Trinajstić information content (AvgIpc) is 2.92. The largest absolute Gasteiger partial charge is 0.357 e. The average molecular weight is 274 g/mol. The van der Waals surface area contributed by atoms with Gasteiger partial charge in [-0.1, -0.05) is 17.4 Å². The van der Waals surface area contributed by atoms with Crippen LogP contribution < -0.4 is 5.32 Å². The van der Waals surface area contributed by atoms with Crippen molar-refractivity contribution in [3.05, 3.63) is 45.6 Å². The summed E-state index contributed by atoms with van der Waals surface area (Å²) >= 11 is 3.51. The van der Waals surface area contributed by atoms with Gasteiger partial charge in [0.15, 0.2) is 5.13 Å². The van der Waals surface area contributed by atoms with E-state index in [1.54, 1.807) is 22.7 Å². The maximum absolute atomic E-state index is 4.61. The lowest BCUT2D eigenvalue weighted by Crippen LogP contribution is -1.97. The maximum Gasteiger partial charge on any atom is 0.184 e. The van der Waals surface area contributed by atoms with Gasteiger partial charge >= 0.3 is 0 Å². The second-order valence-corrected chi connectivity index (χ2v) is 6.40. The number of rotatable bonds is 3. The van der Waals surface area contributed by atoms with E-state index in [0.29, 0.717) is 0 Å². The van der Waals surface area contributed by atoms with E-state index in [1.807, 2.05) is 0 Å². The second kappa shape index (κ2) is 4.71. The Hall–Kier alpha value is -1.39. The van der Waals surface area contributed by atoms with Gasteiger partial charge < -0.3 is 5.32 Å². The van der Waals surface area contributed by atoms with Gasteiger partial charge in [0.25, 0.3) is 0 Å². The molecule has 0 unspecified atom stereocenters. The molecule has 1 aromatic carbocycles. The molecule has 18 heavy (non-hydrogen) atoms. The Morgan fingerprint density at radius 2 is 2.11 bits per heavy atom. The maximum atomic E-state index is 4.61. The molecule has 0 radical (unpaired) electrons. The standard InChI is InChI=1S/C14H14N2S2/c1-9-3-4-12-11(7-9)16-14(18-12)15-8-13-10(2)5-6-17-13/h3-7H,8H2,1-2H3,(H,15,16). The van der Waals surface area contributed by atoms with Gasteiger partial charge in [0.2, 0.25) is 0 Å². The Morgan fingerprint density at radius 1 is 1.22 bits per heavy atom. The van der Waals surface area contributed by atoms with Gasteiger partial charge in [0.1, 0.15) is 0 Å². The van der Waals surface area contributed by atoms with E-state index in [-0.39, 0.29) is 0 Å². The zero-order valence-electron chi connectivity index (χ0n) is 10.4. The molecule has 4 heteroatoms. The molecule has 3 aromatic rings. The van der Waals surface area contributed by atoms with Crippen LogP contribution in [0.4, 0.5) is 5.13 Å². The Bertz CT molecular complexity index is 682. The minimum atomic E-state index is 0.863. The minimum Gasteiger partial charge on any atom is -0.357 e. The molecular weight excluding hydrogens is 260 g/mol. The first-order valence-corrected chi connectivity index (χ1v) is 7.56. The lowest BCUT2D eigenvalue weighted by atomic mass is 10.2. The molecule has 0 amide bonds. The van der Waals surface area contributed by atoms with Crippen LogP contribution in [0.1, 0.15) is 16.0 Å². The van der Waals surface area contributed by atoms with E-state index >= 15 is 0 Å². The highest BCUT2D eigenvalue weighted by atomic mass is 32.1. The van der Waals surface area contributed by atoms with Crippen LogP contribution in [-0.2, 0) is 6.54 Å². The van der Waals surface area contributed by atoms with Gasteiger partial charge in [-0.05, 0) is 48.6 Å². The number of hydrogen-bond donors (Lipinski definition) is 1. The molecule has 0 saturated heterocycles. The summed E-state index contributed by atoms with van der Waals surface area (Å²) in [4.78, 5) is 5.99. The van der Waals surface area contributed by atoms with E-state index in [9.17, 15) is 0 Å². The number of fused-ring (bicyclic) bond motifs is 1. The summed E-state index contributed by atoms with van der Waals surface area (Å²) in [5, 5.41) is 6.55. The number of nitrogens with one attached hydrogen (secondary N) is 1. The fourth-order valence-corrected chi connectivity index (χ4v) is 3.54. The molecule has 0 atom stereocenters. The van der Waals surface area contributed by atoms with Crippen molar-refractivity contribution >= 4 is 38.0 Å². The fourth-order valence-electron chi connectivity index (χ4n) is 1.85. The number of thiophene rings is 1. The third kappa shape index (κ3) is 2.26. The molecule has 92 valence electrons. The van der Waals surface area contributed by atoms with E-state index in [1.165, 1.54) is 20.7 Å². The summed E-state index contributed by atoms with van der Waals surface area (Å²) in [6.45, 7) is 5.11. The van der Waals surface area contributed by atoms with E-state index in [4.69, 9.17) is 0 Å². The number of aromatic nitrogens is 1. The topological polar surface area (TPSA) is 24.9 Å². The zero-order chi connectivity index (χ0) is 12.5. The van der Waals surface area contributed by atoms with Crippen molar-refractivity contribution in [3.63, 3.8) is 0 Å². The van der Waals surface area contributed by atoms with Crippen molar-refractivity contribution in [1.82, 2.24) is 4.98 Å². The summed E-state index contributed by atoms with van der Waals surface area (Å²) in [5.41, 5.74) is 3.70.